The number of hydrogen-bond acceptors (Lipinski definition) is 3. The SMILES string of the molecule is N#Cc1ccc(Br)cc1NCCOc1cccc(Br)c1. The second kappa shape index (κ2) is 7.32. The van der Waals surface area contributed by atoms with Gasteiger partial charge < -0.3 is 10.1 Å². The van der Waals surface area contributed by atoms with E-state index in [1.165, 1.54) is 0 Å². The van der Waals surface area contributed by atoms with E-state index in [0.717, 1.165) is 20.4 Å². The lowest BCUT2D eigenvalue weighted by Gasteiger charge is -2.10. The molecule has 2 rings (SSSR count). The van der Waals surface area contributed by atoms with Crippen LogP contribution in [-0.4, -0.2) is 13.2 Å². The molecule has 0 aliphatic carbocycles. The maximum atomic E-state index is 9.03. The van der Waals surface area contributed by atoms with E-state index >= 15 is 0 Å². The van der Waals surface area contributed by atoms with Crippen LogP contribution in [0.15, 0.2) is 51.4 Å². The quantitative estimate of drug-likeness (QED) is 0.754. The molecule has 1 N–H and O–H groups in total. The van der Waals surface area contributed by atoms with E-state index in [0.29, 0.717) is 18.7 Å². The third-order valence-electron chi connectivity index (χ3n) is 2.58. The van der Waals surface area contributed by atoms with Crippen molar-refractivity contribution in [2.75, 3.05) is 18.5 Å². The second-order valence-corrected chi connectivity index (χ2v) is 5.87. The third kappa shape index (κ3) is 4.26. The molecule has 3 nitrogen and oxygen atoms in total. The van der Waals surface area contributed by atoms with Gasteiger partial charge >= 0.3 is 0 Å². The lowest BCUT2D eigenvalue weighted by atomic mass is 10.2. The fourth-order valence-corrected chi connectivity index (χ4v) is 2.41. The minimum absolute atomic E-state index is 0.522. The first kappa shape index (κ1) is 14.9. The minimum atomic E-state index is 0.522. The first-order chi connectivity index (χ1) is 9.69. The van der Waals surface area contributed by atoms with Gasteiger partial charge in [-0.1, -0.05) is 37.9 Å². The number of nitriles is 1. The van der Waals surface area contributed by atoms with Gasteiger partial charge in [0.2, 0.25) is 0 Å². The Balaban J connectivity index is 1.87. The van der Waals surface area contributed by atoms with Gasteiger partial charge in [0, 0.05) is 15.5 Å². The van der Waals surface area contributed by atoms with Crippen molar-refractivity contribution >= 4 is 37.5 Å². The van der Waals surface area contributed by atoms with Gasteiger partial charge in [-0.2, -0.15) is 5.26 Å². The molecule has 0 aromatic heterocycles. The van der Waals surface area contributed by atoms with Gasteiger partial charge in [0.05, 0.1) is 11.3 Å². The number of nitrogens with one attached hydrogen (secondary N) is 1. The Kier molecular flexibility index (Phi) is 5.45. The lowest BCUT2D eigenvalue weighted by Crippen LogP contribution is -2.12. The zero-order valence-corrected chi connectivity index (χ0v) is 13.7. The number of anilines is 1. The van der Waals surface area contributed by atoms with Crippen molar-refractivity contribution < 1.29 is 4.74 Å². The Morgan fingerprint density at radius 2 is 1.90 bits per heavy atom. The predicted octanol–water partition coefficient (Wildman–Crippen LogP) is 4.57. The van der Waals surface area contributed by atoms with Gasteiger partial charge in [-0.05, 0) is 36.4 Å². The Bertz CT molecular complexity index is 638. The summed E-state index contributed by atoms with van der Waals surface area (Å²) in [5.74, 6) is 0.816. The molecule has 0 radical (unpaired) electrons. The van der Waals surface area contributed by atoms with E-state index in [1.54, 1.807) is 6.07 Å². The number of nitrogens with zero attached hydrogens (tertiary/aromatic N) is 1. The molecule has 0 bridgehead atoms. The van der Waals surface area contributed by atoms with Gasteiger partial charge in [-0.25, -0.2) is 0 Å². The van der Waals surface area contributed by atoms with Crippen molar-refractivity contribution in [3.05, 3.63) is 57.0 Å². The molecule has 0 aliphatic heterocycles. The standard InChI is InChI=1S/C15H12Br2N2O/c16-12-2-1-3-14(8-12)20-7-6-19-15-9-13(17)5-4-11(15)10-18/h1-5,8-9,19H,6-7H2. The van der Waals surface area contributed by atoms with Crippen LogP contribution in [-0.2, 0) is 0 Å². The average molecular weight is 396 g/mol. The first-order valence-corrected chi connectivity index (χ1v) is 7.59. The highest BCUT2D eigenvalue weighted by atomic mass is 79.9. The van der Waals surface area contributed by atoms with Gasteiger partial charge in [0.15, 0.2) is 0 Å². The summed E-state index contributed by atoms with van der Waals surface area (Å²) >= 11 is 6.79. The van der Waals surface area contributed by atoms with E-state index in [1.807, 2.05) is 36.4 Å². The van der Waals surface area contributed by atoms with Crippen LogP contribution in [0.1, 0.15) is 5.56 Å². The third-order valence-corrected chi connectivity index (χ3v) is 3.57. The fourth-order valence-electron chi connectivity index (χ4n) is 1.67. The lowest BCUT2D eigenvalue weighted by molar-refractivity contribution is 0.332. The van der Waals surface area contributed by atoms with Crippen LogP contribution in [0.3, 0.4) is 0 Å². The molecule has 0 amide bonds. The Morgan fingerprint density at radius 1 is 1.10 bits per heavy atom. The molecule has 0 atom stereocenters. The minimum Gasteiger partial charge on any atom is -0.492 e. The summed E-state index contributed by atoms with van der Waals surface area (Å²) in [4.78, 5) is 0. The van der Waals surface area contributed by atoms with Crippen molar-refractivity contribution in [1.82, 2.24) is 0 Å². The molecule has 20 heavy (non-hydrogen) atoms. The van der Waals surface area contributed by atoms with Crippen molar-refractivity contribution in [2.24, 2.45) is 0 Å². The summed E-state index contributed by atoms with van der Waals surface area (Å²) < 4.78 is 7.55. The molecule has 0 saturated heterocycles. The highest BCUT2D eigenvalue weighted by molar-refractivity contribution is 9.10. The van der Waals surface area contributed by atoms with Crippen LogP contribution in [0.25, 0.3) is 0 Å². The fraction of sp³-hybridized carbons (Fsp3) is 0.133. The number of halogens is 2. The molecule has 102 valence electrons. The molecule has 0 unspecified atom stereocenters. The molecule has 0 fully saturated rings. The van der Waals surface area contributed by atoms with Crippen LogP contribution in [0.2, 0.25) is 0 Å². The summed E-state index contributed by atoms with van der Waals surface area (Å²) in [7, 11) is 0. The summed E-state index contributed by atoms with van der Waals surface area (Å²) in [5, 5.41) is 12.2. The van der Waals surface area contributed by atoms with Crippen molar-refractivity contribution in [3.63, 3.8) is 0 Å². The Hall–Kier alpha value is -1.51. The second-order valence-electron chi connectivity index (χ2n) is 4.03. The summed E-state index contributed by atoms with van der Waals surface area (Å²) in [5.41, 5.74) is 1.43. The average Bonchev–Trinajstić information content (AvgIpc) is 2.44. The maximum Gasteiger partial charge on any atom is 0.120 e. The number of rotatable bonds is 5. The molecule has 2 aromatic rings. The molecule has 0 aliphatic rings. The first-order valence-electron chi connectivity index (χ1n) is 6.01. The van der Waals surface area contributed by atoms with Gasteiger partial charge in [-0.15, -0.1) is 0 Å². The van der Waals surface area contributed by atoms with Crippen LogP contribution >= 0.6 is 31.9 Å². The van der Waals surface area contributed by atoms with Gasteiger partial charge in [0.1, 0.15) is 18.4 Å². The highest BCUT2D eigenvalue weighted by Gasteiger charge is 2.02. The van der Waals surface area contributed by atoms with E-state index in [9.17, 15) is 0 Å². The van der Waals surface area contributed by atoms with Crippen molar-refractivity contribution in [1.29, 1.82) is 5.26 Å². The summed E-state index contributed by atoms with van der Waals surface area (Å²) in [6.07, 6.45) is 0. The molecular weight excluding hydrogens is 384 g/mol. The number of ether oxygens (including phenoxy) is 1. The topological polar surface area (TPSA) is 45.0 Å². The van der Waals surface area contributed by atoms with Crippen LogP contribution < -0.4 is 10.1 Å². The monoisotopic (exact) mass is 394 g/mol. The predicted molar refractivity (Wildman–Crippen MR) is 87.0 cm³/mol. The van der Waals surface area contributed by atoms with E-state index in [2.05, 4.69) is 43.2 Å². The van der Waals surface area contributed by atoms with E-state index in [4.69, 9.17) is 10.00 Å². The Morgan fingerprint density at radius 3 is 2.65 bits per heavy atom. The van der Waals surface area contributed by atoms with Crippen molar-refractivity contribution in [2.45, 2.75) is 0 Å². The van der Waals surface area contributed by atoms with Crippen LogP contribution in [0, 0.1) is 11.3 Å². The summed E-state index contributed by atoms with van der Waals surface area (Å²) in [6, 6.07) is 15.4. The van der Waals surface area contributed by atoms with Gasteiger partial charge in [0.25, 0.3) is 0 Å². The Labute approximate surface area is 134 Å². The molecule has 5 heteroatoms. The van der Waals surface area contributed by atoms with Crippen LogP contribution in [0.5, 0.6) is 5.75 Å². The molecular formula is C15H12Br2N2O. The molecule has 2 aromatic carbocycles. The smallest absolute Gasteiger partial charge is 0.120 e. The van der Waals surface area contributed by atoms with E-state index in [-0.39, 0.29) is 0 Å². The highest BCUT2D eigenvalue weighted by Crippen LogP contribution is 2.21. The van der Waals surface area contributed by atoms with E-state index < -0.39 is 0 Å². The molecule has 0 heterocycles. The number of benzene rings is 2. The molecule has 0 spiro atoms. The normalized spacial score (nSPS) is 9.85. The number of hydrogen-bond donors (Lipinski definition) is 1. The van der Waals surface area contributed by atoms with Gasteiger partial charge in [-0.3, -0.25) is 0 Å². The summed E-state index contributed by atoms with van der Waals surface area (Å²) in [6.45, 7) is 1.14. The zero-order chi connectivity index (χ0) is 14.4. The zero-order valence-electron chi connectivity index (χ0n) is 10.6. The van der Waals surface area contributed by atoms with Crippen molar-refractivity contribution in [3.8, 4) is 11.8 Å². The largest absolute Gasteiger partial charge is 0.492 e. The van der Waals surface area contributed by atoms with Crippen LogP contribution in [0.4, 0.5) is 5.69 Å². The molecule has 0 saturated carbocycles. The maximum absolute atomic E-state index is 9.03.